The molecule has 0 spiro atoms. The third-order valence-electron chi connectivity index (χ3n) is 4.54. The van der Waals surface area contributed by atoms with Gasteiger partial charge in [-0.25, -0.2) is 9.07 Å². The van der Waals surface area contributed by atoms with Gasteiger partial charge in [-0.2, -0.15) is 0 Å². The van der Waals surface area contributed by atoms with Crippen LogP contribution in [0.5, 0.6) is 5.75 Å². The summed E-state index contributed by atoms with van der Waals surface area (Å²) in [6.07, 6.45) is 0. The third kappa shape index (κ3) is 6.36. The van der Waals surface area contributed by atoms with E-state index in [4.69, 9.17) is 4.74 Å². The Balaban J connectivity index is 1.91. The Hall–Kier alpha value is -3.79. The van der Waals surface area contributed by atoms with Gasteiger partial charge in [0.15, 0.2) is 5.69 Å². The maximum Gasteiger partial charge on any atom is 0.274 e. The summed E-state index contributed by atoms with van der Waals surface area (Å²) < 4.78 is 20.6. The first kappa shape index (κ1) is 23.9. The minimum absolute atomic E-state index is 0.00320. The molecule has 3 aromatic rings. The average molecular weight is 455 g/mol. The molecule has 0 radical (unpaired) electrons. The van der Waals surface area contributed by atoms with E-state index in [-0.39, 0.29) is 30.5 Å². The van der Waals surface area contributed by atoms with Crippen LogP contribution in [0.2, 0.25) is 0 Å². The molecule has 2 amide bonds. The number of halogens is 1. The minimum Gasteiger partial charge on any atom is -0.487 e. The van der Waals surface area contributed by atoms with Crippen molar-refractivity contribution in [2.24, 2.45) is 0 Å². The topological polar surface area (TPSA) is 118 Å². The fraction of sp³-hybridized carbons (Fsp3) is 0.304. The highest BCUT2D eigenvalue weighted by Gasteiger charge is 2.23. The van der Waals surface area contributed by atoms with E-state index in [2.05, 4.69) is 20.9 Å². The van der Waals surface area contributed by atoms with Gasteiger partial charge in [-0.3, -0.25) is 9.59 Å². The lowest BCUT2D eigenvalue weighted by Gasteiger charge is -2.17. The molecular formula is C23H26FN5O4. The molecule has 0 saturated carbocycles. The SMILES string of the molecule is CCNC(=O)c1ccc(-n2nnc(C(=O)NCC(C)(C)O)c2COc2cccc(F)c2)cc1. The summed E-state index contributed by atoms with van der Waals surface area (Å²) in [6.45, 7) is 5.35. The molecule has 0 fully saturated rings. The van der Waals surface area contributed by atoms with Gasteiger partial charge in [-0.05, 0) is 57.2 Å². The zero-order chi connectivity index (χ0) is 24.0. The molecule has 0 atom stereocenters. The smallest absolute Gasteiger partial charge is 0.274 e. The molecular weight excluding hydrogens is 429 g/mol. The van der Waals surface area contributed by atoms with Crippen LogP contribution >= 0.6 is 0 Å². The number of carbonyl (C=O) groups is 2. The van der Waals surface area contributed by atoms with Crippen molar-refractivity contribution in [2.45, 2.75) is 33.0 Å². The number of nitrogens with zero attached hydrogens (tertiary/aromatic N) is 3. The molecule has 1 heterocycles. The predicted octanol–water partition coefficient (Wildman–Crippen LogP) is 2.24. The van der Waals surface area contributed by atoms with Crippen LogP contribution in [0.25, 0.3) is 5.69 Å². The number of hydrogen-bond donors (Lipinski definition) is 3. The van der Waals surface area contributed by atoms with Crippen molar-refractivity contribution >= 4 is 11.8 Å². The molecule has 3 N–H and O–H groups in total. The number of rotatable bonds is 9. The van der Waals surface area contributed by atoms with Crippen LogP contribution in [0.15, 0.2) is 48.5 Å². The van der Waals surface area contributed by atoms with Crippen molar-refractivity contribution in [1.82, 2.24) is 25.6 Å². The van der Waals surface area contributed by atoms with Gasteiger partial charge in [-0.1, -0.05) is 11.3 Å². The average Bonchev–Trinajstić information content (AvgIpc) is 3.20. The molecule has 3 rings (SSSR count). The lowest BCUT2D eigenvalue weighted by Crippen LogP contribution is -2.38. The van der Waals surface area contributed by atoms with Crippen LogP contribution in [0.4, 0.5) is 4.39 Å². The highest BCUT2D eigenvalue weighted by atomic mass is 19.1. The zero-order valence-electron chi connectivity index (χ0n) is 18.6. The molecule has 10 heteroatoms. The number of aromatic nitrogens is 3. The molecule has 0 aliphatic carbocycles. The molecule has 0 saturated heterocycles. The van der Waals surface area contributed by atoms with Crippen molar-refractivity contribution in [1.29, 1.82) is 0 Å². The Morgan fingerprint density at radius 1 is 1.12 bits per heavy atom. The number of nitrogens with one attached hydrogen (secondary N) is 2. The Bertz CT molecular complexity index is 1120. The number of ether oxygens (including phenoxy) is 1. The van der Waals surface area contributed by atoms with Crippen molar-refractivity contribution < 1.29 is 23.8 Å². The summed E-state index contributed by atoms with van der Waals surface area (Å²) in [5.74, 6) is -0.926. The van der Waals surface area contributed by atoms with Crippen molar-refractivity contribution in [3.05, 3.63) is 71.3 Å². The summed E-state index contributed by atoms with van der Waals surface area (Å²) in [4.78, 5) is 24.8. The Morgan fingerprint density at radius 2 is 1.85 bits per heavy atom. The summed E-state index contributed by atoms with van der Waals surface area (Å²) in [7, 11) is 0. The highest BCUT2D eigenvalue weighted by Crippen LogP contribution is 2.19. The number of benzene rings is 2. The summed E-state index contributed by atoms with van der Waals surface area (Å²) in [5, 5.41) is 23.3. The maximum absolute atomic E-state index is 13.5. The molecule has 1 aromatic heterocycles. The van der Waals surface area contributed by atoms with Crippen LogP contribution in [-0.2, 0) is 6.61 Å². The normalized spacial score (nSPS) is 11.2. The van der Waals surface area contributed by atoms with Crippen LogP contribution < -0.4 is 15.4 Å². The van der Waals surface area contributed by atoms with Crippen molar-refractivity contribution in [3.63, 3.8) is 0 Å². The fourth-order valence-corrected chi connectivity index (χ4v) is 2.92. The van der Waals surface area contributed by atoms with E-state index in [0.29, 0.717) is 23.5 Å². The molecule has 9 nitrogen and oxygen atoms in total. The lowest BCUT2D eigenvalue weighted by molar-refractivity contribution is 0.0690. The van der Waals surface area contributed by atoms with Crippen molar-refractivity contribution in [3.8, 4) is 11.4 Å². The summed E-state index contributed by atoms with van der Waals surface area (Å²) in [6, 6.07) is 12.2. The van der Waals surface area contributed by atoms with Crippen LogP contribution in [0, 0.1) is 5.82 Å². The Morgan fingerprint density at radius 3 is 2.48 bits per heavy atom. The van der Waals surface area contributed by atoms with Gasteiger partial charge >= 0.3 is 0 Å². The standard InChI is InChI=1S/C23H26FN5O4/c1-4-25-21(30)15-8-10-17(11-9-15)29-19(13-33-18-7-5-6-16(24)12-18)20(27-28-29)22(31)26-14-23(2,3)32/h5-12,32H,4,13-14H2,1-3H3,(H,25,30)(H,26,31). The van der Waals surface area contributed by atoms with E-state index in [1.165, 1.54) is 22.9 Å². The maximum atomic E-state index is 13.5. The van der Waals surface area contributed by atoms with E-state index in [1.54, 1.807) is 44.2 Å². The number of carbonyl (C=O) groups excluding carboxylic acids is 2. The zero-order valence-corrected chi connectivity index (χ0v) is 18.6. The minimum atomic E-state index is -1.11. The first-order valence-electron chi connectivity index (χ1n) is 10.4. The first-order chi connectivity index (χ1) is 15.7. The second-order valence-electron chi connectivity index (χ2n) is 7.94. The number of hydrogen-bond acceptors (Lipinski definition) is 6. The van der Waals surface area contributed by atoms with Gasteiger partial charge in [0.05, 0.1) is 11.3 Å². The summed E-state index contributed by atoms with van der Waals surface area (Å²) in [5.41, 5.74) is 0.233. The predicted molar refractivity (Wildman–Crippen MR) is 119 cm³/mol. The fourth-order valence-electron chi connectivity index (χ4n) is 2.92. The monoisotopic (exact) mass is 455 g/mol. The molecule has 174 valence electrons. The molecule has 0 aliphatic rings. The highest BCUT2D eigenvalue weighted by molar-refractivity contribution is 5.94. The van der Waals surface area contributed by atoms with E-state index in [0.717, 1.165) is 0 Å². The second-order valence-corrected chi connectivity index (χ2v) is 7.94. The molecule has 2 aromatic carbocycles. The van der Waals surface area contributed by atoms with E-state index >= 15 is 0 Å². The van der Waals surface area contributed by atoms with Gasteiger partial charge in [0.1, 0.15) is 23.9 Å². The summed E-state index contributed by atoms with van der Waals surface area (Å²) >= 11 is 0. The van der Waals surface area contributed by atoms with Gasteiger partial charge in [0.2, 0.25) is 0 Å². The lowest BCUT2D eigenvalue weighted by atomic mass is 10.1. The Kier molecular flexibility index (Phi) is 7.39. The van der Waals surface area contributed by atoms with Crippen LogP contribution in [-0.4, -0.2) is 50.6 Å². The number of amides is 2. The molecule has 0 bridgehead atoms. The van der Waals surface area contributed by atoms with E-state index < -0.39 is 17.3 Å². The Labute approximate surface area is 190 Å². The molecule has 33 heavy (non-hydrogen) atoms. The van der Waals surface area contributed by atoms with Crippen LogP contribution in [0.1, 0.15) is 47.3 Å². The van der Waals surface area contributed by atoms with Crippen molar-refractivity contribution in [2.75, 3.05) is 13.1 Å². The van der Waals surface area contributed by atoms with Gasteiger partial charge < -0.3 is 20.5 Å². The number of aliphatic hydroxyl groups is 1. The van der Waals surface area contributed by atoms with Gasteiger partial charge in [0.25, 0.3) is 11.8 Å². The van der Waals surface area contributed by atoms with Gasteiger partial charge in [-0.15, -0.1) is 5.10 Å². The van der Waals surface area contributed by atoms with Gasteiger partial charge in [0, 0.05) is 24.7 Å². The third-order valence-corrected chi connectivity index (χ3v) is 4.54. The van der Waals surface area contributed by atoms with Crippen LogP contribution in [0.3, 0.4) is 0 Å². The quantitative estimate of drug-likeness (QED) is 0.455. The molecule has 0 aliphatic heterocycles. The largest absolute Gasteiger partial charge is 0.487 e. The van der Waals surface area contributed by atoms with E-state index in [9.17, 15) is 19.1 Å². The van der Waals surface area contributed by atoms with E-state index in [1.807, 2.05) is 6.92 Å². The second kappa shape index (κ2) is 10.2. The molecule has 0 unspecified atom stereocenters. The first-order valence-corrected chi connectivity index (χ1v) is 10.4.